The fraction of sp³-hybridized carbons (Fsp3) is 0.462. The lowest BCUT2D eigenvalue weighted by Crippen LogP contribution is -2.43. The third-order valence-corrected chi connectivity index (χ3v) is 3.38. The third-order valence-electron chi connectivity index (χ3n) is 3.38. The van der Waals surface area contributed by atoms with Crippen molar-refractivity contribution in [1.82, 2.24) is 9.88 Å². The van der Waals surface area contributed by atoms with E-state index in [1.54, 1.807) is 17.0 Å². The van der Waals surface area contributed by atoms with Crippen LogP contribution in [0.2, 0.25) is 0 Å². The molecule has 3 N–H and O–H groups in total. The van der Waals surface area contributed by atoms with Crippen LogP contribution in [0.4, 0.5) is 10.5 Å². The molecule has 7 nitrogen and oxygen atoms in total. The smallest absolute Gasteiger partial charge is 0.321 e. The SMILES string of the molecule is COc1ccc(NC(=O)N2CCC(C(N)=O)CC2)cn1. The zero-order valence-electron chi connectivity index (χ0n) is 11.3. The van der Waals surface area contributed by atoms with Crippen molar-refractivity contribution in [3.05, 3.63) is 18.3 Å². The number of likely N-dealkylation sites (tertiary alicyclic amines) is 1. The number of amides is 3. The number of carbonyl (C=O) groups is 2. The highest BCUT2D eigenvalue weighted by molar-refractivity contribution is 5.89. The highest BCUT2D eigenvalue weighted by atomic mass is 16.5. The predicted octanol–water partition coefficient (Wildman–Crippen LogP) is 0.819. The Morgan fingerprint density at radius 2 is 2.10 bits per heavy atom. The molecule has 7 heteroatoms. The number of urea groups is 1. The minimum Gasteiger partial charge on any atom is -0.481 e. The number of primary amides is 1. The van der Waals surface area contributed by atoms with E-state index in [1.165, 1.54) is 13.3 Å². The van der Waals surface area contributed by atoms with E-state index in [2.05, 4.69) is 10.3 Å². The molecule has 3 amide bonds. The topological polar surface area (TPSA) is 97.5 Å². The summed E-state index contributed by atoms with van der Waals surface area (Å²) in [7, 11) is 1.53. The number of nitrogens with zero attached hydrogens (tertiary/aromatic N) is 2. The number of anilines is 1. The van der Waals surface area contributed by atoms with Crippen molar-refractivity contribution >= 4 is 17.6 Å². The number of ether oxygens (including phenoxy) is 1. The van der Waals surface area contributed by atoms with Crippen LogP contribution in [0.25, 0.3) is 0 Å². The Morgan fingerprint density at radius 1 is 1.40 bits per heavy atom. The average molecular weight is 278 g/mol. The Balaban J connectivity index is 1.87. The number of methoxy groups -OCH3 is 1. The second-order valence-corrected chi connectivity index (χ2v) is 4.68. The number of hydrogen-bond donors (Lipinski definition) is 2. The molecular formula is C13H18N4O3. The van der Waals surface area contributed by atoms with E-state index in [9.17, 15) is 9.59 Å². The normalized spacial score (nSPS) is 15.8. The summed E-state index contributed by atoms with van der Waals surface area (Å²) in [5.74, 6) is 0.0800. The van der Waals surface area contributed by atoms with Crippen LogP contribution in [-0.4, -0.2) is 42.0 Å². The first-order valence-corrected chi connectivity index (χ1v) is 6.45. The first kappa shape index (κ1) is 14.1. The number of piperidine rings is 1. The minimum atomic E-state index is -0.288. The molecule has 1 aromatic heterocycles. The molecule has 2 rings (SSSR count). The van der Waals surface area contributed by atoms with Crippen LogP contribution in [0.1, 0.15) is 12.8 Å². The zero-order chi connectivity index (χ0) is 14.5. The van der Waals surface area contributed by atoms with E-state index < -0.39 is 0 Å². The van der Waals surface area contributed by atoms with Gasteiger partial charge in [0.15, 0.2) is 0 Å². The zero-order valence-corrected chi connectivity index (χ0v) is 11.3. The lowest BCUT2D eigenvalue weighted by Gasteiger charge is -2.30. The first-order chi connectivity index (χ1) is 9.60. The van der Waals surface area contributed by atoms with Crippen LogP contribution in [0, 0.1) is 5.92 Å². The van der Waals surface area contributed by atoms with Gasteiger partial charge in [0.25, 0.3) is 0 Å². The second-order valence-electron chi connectivity index (χ2n) is 4.68. The first-order valence-electron chi connectivity index (χ1n) is 6.45. The van der Waals surface area contributed by atoms with E-state index in [0.717, 1.165) is 0 Å². The van der Waals surface area contributed by atoms with E-state index in [-0.39, 0.29) is 17.9 Å². The summed E-state index contributed by atoms with van der Waals surface area (Å²) in [5, 5.41) is 2.76. The summed E-state index contributed by atoms with van der Waals surface area (Å²) < 4.78 is 4.95. The predicted molar refractivity (Wildman–Crippen MR) is 73.3 cm³/mol. The minimum absolute atomic E-state index is 0.123. The molecule has 0 unspecified atom stereocenters. The molecular weight excluding hydrogens is 260 g/mol. The molecule has 0 aromatic carbocycles. The standard InChI is InChI=1S/C13H18N4O3/c1-20-11-3-2-10(8-15-11)16-13(19)17-6-4-9(5-7-17)12(14)18/h2-3,8-9H,4-7H2,1H3,(H2,14,18)(H,16,19). The largest absolute Gasteiger partial charge is 0.481 e. The van der Waals surface area contributed by atoms with Crippen molar-refractivity contribution < 1.29 is 14.3 Å². The number of pyridine rings is 1. The summed E-state index contributed by atoms with van der Waals surface area (Å²) in [4.78, 5) is 28.8. The third kappa shape index (κ3) is 3.37. The van der Waals surface area contributed by atoms with Crippen molar-refractivity contribution in [3.63, 3.8) is 0 Å². The van der Waals surface area contributed by atoms with Gasteiger partial charge in [-0.3, -0.25) is 4.79 Å². The fourth-order valence-corrected chi connectivity index (χ4v) is 2.14. The molecule has 0 saturated carbocycles. The van der Waals surface area contributed by atoms with Gasteiger partial charge >= 0.3 is 6.03 Å². The van der Waals surface area contributed by atoms with Gasteiger partial charge in [-0.05, 0) is 18.9 Å². The van der Waals surface area contributed by atoms with E-state index in [1.807, 2.05) is 0 Å². The van der Waals surface area contributed by atoms with Crippen LogP contribution >= 0.6 is 0 Å². The molecule has 1 aliphatic heterocycles. The molecule has 0 spiro atoms. The van der Waals surface area contributed by atoms with Crippen molar-refractivity contribution in [3.8, 4) is 5.88 Å². The second kappa shape index (κ2) is 6.23. The van der Waals surface area contributed by atoms with Crippen molar-refractivity contribution in [2.75, 3.05) is 25.5 Å². The molecule has 0 bridgehead atoms. The maximum Gasteiger partial charge on any atom is 0.321 e. The van der Waals surface area contributed by atoms with E-state index in [0.29, 0.717) is 37.5 Å². The number of aromatic nitrogens is 1. The summed E-state index contributed by atoms with van der Waals surface area (Å²) in [6, 6.07) is 3.20. The van der Waals surface area contributed by atoms with Gasteiger partial charge in [-0.1, -0.05) is 0 Å². The molecule has 0 aliphatic carbocycles. The summed E-state index contributed by atoms with van der Waals surface area (Å²) >= 11 is 0. The average Bonchev–Trinajstić information content (AvgIpc) is 2.48. The molecule has 0 atom stereocenters. The van der Waals surface area contributed by atoms with E-state index >= 15 is 0 Å². The number of hydrogen-bond acceptors (Lipinski definition) is 4. The number of rotatable bonds is 3. The van der Waals surface area contributed by atoms with E-state index in [4.69, 9.17) is 10.5 Å². The van der Waals surface area contributed by atoms with Crippen LogP contribution in [0.15, 0.2) is 18.3 Å². The highest BCUT2D eigenvalue weighted by Crippen LogP contribution is 2.18. The molecule has 1 aliphatic rings. The number of carbonyl (C=O) groups excluding carboxylic acids is 2. The van der Waals surface area contributed by atoms with Gasteiger partial charge in [0.2, 0.25) is 11.8 Å². The quantitative estimate of drug-likeness (QED) is 0.855. The Hall–Kier alpha value is -2.31. The van der Waals surface area contributed by atoms with Gasteiger partial charge in [0.05, 0.1) is 19.0 Å². The Morgan fingerprint density at radius 3 is 2.60 bits per heavy atom. The van der Waals surface area contributed by atoms with Crippen LogP contribution < -0.4 is 15.8 Å². The summed E-state index contributed by atoms with van der Waals surface area (Å²) in [6.07, 6.45) is 2.76. The Kier molecular flexibility index (Phi) is 4.39. The molecule has 20 heavy (non-hydrogen) atoms. The van der Waals surface area contributed by atoms with Gasteiger partial charge < -0.3 is 20.7 Å². The lowest BCUT2D eigenvalue weighted by atomic mass is 9.96. The molecule has 1 fully saturated rings. The molecule has 2 heterocycles. The Bertz CT molecular complexity index is 481. The maximum absolute atomic E-state index is 12.0. The lowest BCUT2D eigenvalue weighted by molar-refractivity contribution is -0.122. The maximum atomic E-state index is 12.0. The molecule has 108 valence electrons. The summed E-state index contributed by atoms with van der Waals surface area (Å²) in [5.41, 5.74) is 5.87. The van der Waals surface area contributed by atoms with Gasteiger partial charge in [-0.2, -0.15) is 0 Å². The van der Waals surface area contributed by atoms with Gasteiger partial charge in [-0.15, -0.1) is 0 Å². The van der Waals surface area contributed by atoms with Crippen LogP contribution in [0.3, 0.4) is 0 Å². The highest BCUT2D eigenvalue weighted by Gasteiger charge is 2.25. The molecule has 0 radical (unpaired) electrons. The fourth-order valence-electron chi connectivity index (χ4n) is 2.14. The van der Waals surface area contributed by atoms with Crippen molar-refractivity contribution in [2.24, 2.45) is 11.7 Å². The molecule has 1 saturated heterocycles. The number of nitrogens with two attached hydrogens (primary N) is 1. The Labute approximate surface area is 117 Å². The van der Waals surface area contributed by atoms with Gasteiger partial charge in [0, 0.05) is 25.1 Å². The molecule has 1 aromatic rings. The van der Waals surface area contributed by atoms with Crippen LogP contribution in [-0.2, 0) is 4.79 Å². The van der Waals surface area contributed by atoms with Crippen LogP contribution in [0.5, 0.6) is 5.88 Å². The van der Waals surface area contributed by atoms with Gasteiger partial charge in [-0.25, -0.2) is 9.78 Å². The number of nitrogens with one attached hydrogen (secondary N) is 1. The summed E-state index contributed by atoms with van der Waals surface area (Å²) in [6.45, 7) is 1.06. The van der Waals surface area contributed by atoms with Gasteiger partial charge in [0.1, 0.15) is 0 Å². The van der Waals surface area contributed by atoms with Crippen molar-refractivity contribution in [2.45, 2.75) is 12.8 Å². The van der Waals surface area contributed by atoms with Crippen molar-refractivity contribution in [1.29, 1.82) is 0 Å². The monoisotopic (exact) mass is 278 g/mol.